The number of amides is 2. The Bertz CT molecular complexity index is 1500. The number of hydrogen-bond acceptors (Lipinski definition) is 12. The molecular formula is C36H57N4O11P. The Labute approximate surface area is 306 Å². The van der Waals surface area contributed by atoms with Crippen LogP contribution >= 0.6 is 7.75 Å². The predicted molar refractivity (Wildman–Crippen MR) is 200 cm³/mol. The van der Waals surface area contributed by atoms with Crippen LogP contribution in [0.25, 0.3) is 0 Å². The van der Waals surface area contributed by atoms with Crippen LogP contribution < -0.4 is 16.1 Å². The minimum atomic E-state index is -3.41. The molecule has 2 bridgehead atoms. The number of fused-ring (bicyclic) bond motifs is 2. The summed E-state index contributed by atoms with van der Waals surface area (Å²) in [5.74, 6) is -1.78. The van der Waals surface area contributed by atoms with Gasteiger partial charge in [-0.2, -0.15) is 0 Å². The second-order valence-corrected chi connectivity index (χ2v) is 14.5. The van der Waals surface area contributed by atoms with Gasteiger partial charge in [-0.1, -0.05) is 38.2 Å². The summed E-state index contributed by atoms with van der Waals surface area (Å²) in [6.45, 7) is 11.2. The lowest BCUT2D eigenvalue weighted by Gasteiger charge is -2.29. The lowest BCUT2D eigenvalue weighted by molar-refractivity contribution is -0.112. The van der Waals surface area contributed by atoms with Crippen LogP contribution in [0.3, 0.4) is 0 Å². The largest absolute Gasteiger partial charge is 0.506 e. The van der Waals surface area contributed by atoms with Gasteiger partial charge >= 0.3 is 13.8 Å². The molecule has 16 heteroatoms. The fourth-order valence-electron chi connectivity index (χ4n) is 5.77. The fourth-order valence-corrected chi connectivity index (χ4v) is 7.14. The number of carbonyl (C=O) groups excluding carboxylic acids is 2. The number of primary amides is 1. The van der Waals surface area contributed by atoms with Gasteiger partial charge < -0.3 is 40.6 Å². The molecule has 0 radical (unpaired) electrons. The lowest BCUT2D eigenvalue weighted by atomic mass is 9.87. The topological polar surface area (TPSA) is 220 Å². The Morgan fingerprint density at radius 1 is 1.15 bits per heavy atom. The van der Waals surface area contributed by atoms with Gasteiger partial charge in [-0.25, -0.2) is 14.4 Å². The molecule has 2 amide bonds. The fraction of sp³-hybridized carbons (Fsp3) is 0.583. The zero-order valence-corrected chi connectivity index (χ0v) is 32.4. The average Bonchev–Trinajstić information content (AvgIpc) is 3.08. The van der Waals surface area contributed by atoms with Crippen LogP contribution in [-0.4, -0.2) is 91.9 Å². The summed E-state index contributed by atoms with van der Waals surface area (Å²) in [5.41, 5.74) is 6.60. The zero-order valence-electron chi connectivity index (χ0n) is 31.5. The number of rotatable bonds is 13. The highest BCUT2D eigenvalue weighted by Crippen LogP contribution is 2.45. The Hall–Kier alpha value is -3.56. The number of unbranched alkanes of at least 4 members (excludes halogenated alkanes) is 1. The van der Waals surface area contributed by atoms with Gasteiger partial charge in [0.1, 0.15) is 23.3 Å². The van der Waals surface area contributed by atoms with Crippen molar-refractivity contribution < 1.29 is 52.7 Å². The molecule has 0 fully saturated rings. The monoisotopic (exact) mass is 752 g/mol. The van der Waals surface area contributed by atoms with Gasteiger partial charge in [0.15, 0.2) is 6.10 Å². The number of phenols is 2. The minimum Gasteiger partial charge on any atom is -0.506 e. The number of aliphatic hydroxyl groups excluding tert-OH is 1. The molecule has 6 unspecified atom stereocenters. The predicted octanol–water partition coefficient (Wildman–Crippen LogP) is 5.81. The quantitative estimate of drug-likeness (QED) is 0.0351. The molecule has 0 saturated carbocycles. The number of carbonyl (C=O) groups is 2. The van der Waals surface area contributed by atoms with Crippen molar-refractivity contribution in [2.75, 3.05) is 39.3 Å². The third-order valence-corrected chi connectivity index (χ3v) is 10.2. The highest BCUT2D eigenvalue weighted by Gasteiger charge is 2.30. The number of aromatic hydroxyl groups is 2. The van der Waals surface area contributed by atoms with E-state index in [1.807, 2.05) is 6.92 Å². The van der Waals surface area contributed by atoms with Crippen molar-refractivity contribution in [3.05, 3.63) is 47.1 Å². The third-order valence-electron chi connectivity index (χ3n) is 8.44. The highest BCUT2D eigenvalue weighted by molar-refractivity contribution is 7.51. The van der Waals surface area contributed by atoms with E-state index in [0.29, 0.717) is 31.4 Å². The third kappa shape index (κ3) is 13.4. The van der Waals surface area contributed by atoms with Crippen molar-refractivity contribution in [2.24, 2.45) is 22.6 Å². The number of nitrogens with zero attached hydrogens (tertiary/aromatic N) is 1. The standard InChI is InChI=1S/C36H57N4O11P/c1-9-49-52(46,50-10-2)39-17-12-11-16-38-31-26-18-22(3)19-30(48-8)32(42)24(5)20-25(6)34(51-36(37)45)29(47-7)15-13-14-23(4)35(44)40-27(33(26)43)21-28(31)41/h13-16,20-22,24,29-30,32,34,41-43H,9-12,17-19H2,1-8H3,(H2,37,45)(H,39,46)(H,40,44). The highest BCUT2D eigenvalue weighted by atomic mass is 31.2. The Kier molecular flexibility index (Phi) is 18.7. The second-order valence-electron chi connectivity index (χ2n) is 12.6. The first-order valence-electron chi connectivity index (χ1n) is 17.4. The smallest absolute Gasteiger partial charge is 0.405 e. The molecule has 52 heavy (non-hydrogen) atoms. The Morgan fingerprint density at radius 2 is 1.83 bits per heavy atom. The molecule has 1 heterocycles. The van der Waals surface area contributed by atoms with Crippen LogP contribution in [0.15, 0.2) is 46.5 Å². The molecule has 0 saturated heterocycles. The van der Waals surface area contributed by atoms with Crippen molar-refractivity contribution in [3.8, 4) is 11.5 Å². The number of benzene rings is 1. The van der Waals surface area contributed by atoms with E-state index in [1.54, 1.807) is 59.1 Å². The van der Waals surface area contributed by atoms with E-state index in [4.69, 9.17) is 29.0 Å². The van der Waals surface area contributed by atoms with Gasteiger partial charge in [0.05, 0.1) is 31.1 Å². The summed E-state index contributed by atoms with van der Waals surface area (Å²) in [5, 5.41) is 39.5. The molecule has 6 atom stereocenters. The molecule has 2 rings (SSSR count). The number of methoxy groups -OCH3 is 2. The number of allylic oxidation sites excluding steroid dienone is 2. The Balaban J connectivity index is 2.53. The van der Waals surface area contributed by atoms with Crippen molar-refractivity contribution in [3.63, 3.8) is 0 Å². The van der Waals surface area contributed by atoms with Crippen LogP contribution in [0.1, 0.15) is 66.4 Å². The van der Waals surface area contributed by atoms with Gasteiger partial charge in [0.2, 0.25) is 0 Å². The maximum Gasteiger partial charge on any atom is 0.405 e. The first-order valence-corrected chi connectivity index (χ1v) is 18.9. The van der Waals surface area contributed by atoms with Crippen molar-refractivity contribution in [2.45, 2.75) is 91.6 Å². The van der Waals surface area contributed by atoms with Crippen LogP contribution in [0.4, 0.5) is 16.2 Å². The molecule has 0 aromatic heterocycles. The molecule has 1 aromatic carbocycles. The van der Waals surface area contributed by atoms with E-state index >= 15 is 0 Å². The van der Waals surface area contributed by atoms with Crippen molar-refractivity contribution in [1.29, 1.82) is 0 Å². The second kappa shape index (κ2) is 21.8. The van der Waals surface area contributed by atoms with Crippen LogP contribution in [-0.2, 0) is 39.0 Å². The first-order chi connectivity index (χ1) is 24.6. The maximum absolute atomic E-state index is 13.2. The van der Waals surface area contributed by atoms with E-state index in [1.165, 1.54) is 26.4 Å². The van der Waals surface area contributed by atoms with Gasteiger partial charge in [-0.05, 0) is 64.9 Å². The van der Waals surface area contributed by atoms with E-state index in [0.717, 1.165) is 0 Å². The molecule has 292 valence electrons. The van der Waals surface area contributed by atoms with E-state index in [-0.39, 0.29) is 59.6 Å². The molecule has 0 aliphatic carbocycles. The number of anilines is 1. The first kappa shape index (κ1) is 44.6. The average molecular weight is 753 g/mol. The van der Waals surface area contributed by atoms with Gasteiger partial charge in [0.25, 0.3) is 5.91 Å². The zero-order chi connectivity index (χ0) is 39.0. The van der Waals surface area contributed by atoms with Crippen molar-refractivity contribution in [1.82, 2.24) is 5.09 Å². The molecular weight excluding hydrogens is 695 g/mol. The molecule has 1 aromatic rings. The number of nitrogens with two attached hydrogens (primary N) is 1. The van der Waals surface area contributed by atoms with Crippen LogP contribution in [0.2, 0.25) is 0 Å². The molecule has 0 spiro atoms. The minimum absolute atomic E-state index is 0.0217. The molecule has 1 aliphatic rings. The summed E-state index contributed by atoms with van der Waals surface area (Å²) in [7, 11) is -0.484. The summed E-state index contributed by atoms with van der Waals surface area (Å²) >= 11 is 0. The number of aliphatic hydroxyl groups is 1. The summed E-state index contributed by atoms with van der Waals surface area (Å²) < 4.78 is 39.9. The van der Waals surface area contributed by atoms with Gasteiger partial charge in [-0.15, -0.1) is 0 Å². The Morgan fingerprint density at radius 3 is 2.42 bits per heavy atom. The van der Waals surface area contributed by atoms with Crippen molar-refractivity contribution >= 4 is 37.3 Å². The number of aliphatic imine (C=N–C) groups is 1. The normalized spacial score (nSPS) is 24.0. The molecule has 7 N–H and O–H groups in total. The van der Waals surface area contributed by atoms with E-state index < -0.39 is 50.1 Å². The summed E-state index contributed by atoms with van der Waals surface area (Å²) in [6, 6.07) is 1.23. The van der Waals surface area contributed by atoms with E-state index in [9.17, 15) is 29.5 Å². The SMILES string of the molecule is CCOP(=O)(NCCCC=Nc1c(O)cc2c(O)c1CC(C)CC(OC)C(O)C(C)C=C(C)C(OC(N)=O)C(OC)C=CC=C(C)C(=O)N2)OCC. The van der Waals surface area contributed by atoms with Gasteiger partial charge in [0, 0.05) is 50.1 Å². The van der Waals surface area contributed by atoms with Crippen LogP contribution in [0, 0.1) is 11.8 Å². The number of hydrogen-bond donors (Lipinski definition) is 6. The number of ether oxygens (including phenoxy) is 3. The maximum atomic E-state index is 13.2. The summed E-state index contributed by atoms with van der Waals surface area (Å²) in [6.07, 6.45) is 5.12. The van der Waals surface area contributed by atoms with Crippen LogP contribution in [0.5, 0.6) is 11.5 Å². The number of phenolic OH excluding ortho intramolecular Hbond substituents is 2. The summed E-state index contributed by atoms with van der Waals surface area (Å²) in [4.78, 5) is 29.5. The van der Waals surface area contributed by atoms with E-state index in [2.05, 4.69) is 15.4 Å². The van der Waals surface area contributed by atoms with Gasteiger partial charge in [-0.3, -0.25) is 18.8 Å². The number of nitrogens with one attached hydrogen (secondary N) is 2. The lowest BCUT2D eigenvalue weighted by Crippen LogP contribution is -2.37. The molecule has 15 nitrogen and oxygen atoms in total. The molecule has 1 aliphatic heterocycles.